The van der Waals surface area contributed by atoms with Gasteiger partial charge in [-0.3, -0.25) is 47.9 Å². The van der Waals surface area contributed by atoms with Crippen molar-refractivity contribution in [3.8, 4) is 0 Å². The van der Waals surface area contributed by atoms with Gasteiger partial charge >= 0.3 is 11.9 Å². The number of rotatable bonds is 26. The van der Waals surface area contributed by atoms with Crippen molar-refractivity contribution < 1.29 is 58.2 Å². The molecular formula is C34H59N9O12S. The molecule has 0 spiro atoms. The lowest BCUT2D eigenvalue weighted by atomic mass is 9.97. The average molecular weight is 818 g/mol. The smallest absolute Gasteiger partial charge is 0.322 e. The zero-order valence-corrected chi connectivity index (χ0v) is 33.7. The number of nitrogens with one attached hydrogen (secondary N) is 8. The van der Waals surface area contributed by atoms with Crippen LogP contribution >= 0.6 is 12.6 Å². The normalized spacial score (nSPS) is 14.7. The third kappa shape index (κ3) is 20.1. The van der Waals surface area contributed by atoms with Gasteiger partial charge in [-0.1, -0.05) is 48.0 Å². The van der Waals surface area contributed by atoms with Crippen LogP contribution in [0.5, 0.6) is 0 Å². The average Bonchev–Trinajstić information content (AvgIpc) is 3.12. The van der Waals surface area contributed by atoms with Crippen molar-refractivity contribution in [1.29, 1.82) is 0 Å². The van der Waals surface area contributed by atoms with Gasteiger partial charge in [0, 0.05) is 12.2 Å². The molecular weight excluding hydrogens is 758 g/mol. The molecule has 21 nitrogen and oxygen atoms in total. The first kappa shape index (κ1) is 51.0. The Morgan fingerprint density at radius 1 is 0.589 bits per heavy atom. The molecule has 0 saturated heterocycles. The van der Waals surface area contributed by atoms with Gasteiger partial charge in [0.05, 0.1) is 19.1 Å². The van der Waals surface area contributed by atoms with Crippen LogP contribution < -0.4 is 48.3 Å². The lowest BCUT2D eigenvalue weighted by molar-refractivity contribution is -0.139. The lowest BCUT2D eigenvalue weighted by Crippen LogP contribution is -2.59. The summed E-state index contributed by atoms with van der Waals surface area (Å²) in [6, 6.07) is -7.07. The summed E-state index contributed by atoms with van der Waals surface area (Å²) >= 11 is 4.04. The predicted octanol–water partition coefficient (Wildman–Crippen LogP) is -3.27. The molecule has 0 rings (SSSR count). The zero-order chi connectivity index (χ0) is 43.3. The van der Waals surface area contributed by atoms with E-state index >= 15 is 0 Å². The molecule has 0 heterocycles. The Morgan fingerprint density at radius 3 is 1.61 bits per heavy atom. The second-order valence-electron chi connectivity index (χ2n) is 14.0. The van der Waals surface area contributed by atoms with Gasteiger partial charge in [-0.15, -0.1) is 0 Å². The van der Waals surface area contributed by atoms with Crippen LogP contribution in [0, 0.1) is 17.8 Å². The summed E-state index contributed by atoms with van der Waals surface area (Å²) in [4.78, 5) is 124. The number of amides is 8. The van der Waals surface area contributed by atoms with E-state index in [0.717, 1.165) is 0 Å². The van der Waals surface area contributed by atoms with Crippen LogP contribution in [0.15, 0.2) is 0 Å². The molecule has 0 radical (unpaired) electrons. The minimum Gasteiger partial charge on any atom is -0.481 e. The summed E-state index contributed by atoms with van der Waals surface area (Å²) in [5.74, 6) is -9.83. The number of thiol groups is 1. The van der Waals surface area contributed by atoms with Crippen molar-refractivity contribution >= 4 is 71.8 Å². The van der Waals surface area contributed by atoms with Crippen molar-refractivity contribution in [1.82, 2.24) is 42.5 Å². The fourth-order valence-corrected chi connectivity index (χ4v) is 5.02. The number of carboxylic acids is 2. The zero-order valence-electron chi connectivity index (χ0n) is 32.9. The summed E-state index contributed by atoms with van der Waals surface area (Å²) in [6.45, 7) is 9.84. The molecule has 0 aromatic heterocycles. The first-order chi connectivity index (χ1) is 26.0. The second-order valence-corrected chi connectivity index (χ2v) is 14.3. The van der Waals surface area contributed by atoms with Crippen molar-refractivity contribution in [3.05, 3.63) is 0 Å². The van der Waals surface area contributed by atoms with E-state index < -0.39 is 127 Å². The van der Waals surface area contributed by atoms with Gasteiger partial charge in [0.15, 0.2) is 0 Å². The Balaban J connectivity index is 5.52. The predicted molar refractivity (Wildman–Crippen MR) is 204 cm³/mol. The van der Waals surface area contributed by atoms with Crippen molar-refractivity contribution in [2.75, 3.05) is 25.4 Å². The Hall–Kier alpha value is -4.99. The summed E-state index contributed by atoms with van der Waals surface area (Å²) in [6.07, 6.45) is -0.0828. The van der Waals surface area contributed by atoms with Crippen LogP contribution in [0.1, 0.15) is 74.1 Å². The Morgan fingerprint density at radius 2 is 1.11 bits per heavy atom. The minimum atomic E-state index is -1.43. The first-order valence-corrected chi connectivity index (χ1v) is 18.8. The number of hydrogen-bond donors (Lipinski definition) is 12. The standard InChI is InChI=1S/C34H59N9O12S/c1-8-18(6)27(35)33(54)42-21(11-16(2)3)32(53)41-20(9-10-25(46)47)31(52)43-28(17(4)5)34(55)37-13-24(45)40-22(15-56)30(51)36-12-23(44)39-19(7)29(50)38-14-26(48)49/h16-22,27-28,56H,8-15,35H2,1-7H3,(H,36,51)(H,37,55)(H,38,50)(H,39,44)(H,40,45)(H,41,53)(H,42,54)(H,43,52)(H,46,47)(H,48,49)/t18-,19-,20-,21-,22-,27-,28-/m0/s1. The highest BCUT2D eigenvalue weighted by Crippen LogP contribution is 2.11. The molecule has 0 saturated carbocycles. The number of carbonyl (C=O) groups excluding carboxylic acids is 8. The number of aliphatic carboxylic acids is 2. The van der Waals surface area contributed by atoms with E-state index in [0.29, 0.717) is 6.42 Å². The Bertz CT molecular complexity index is 1410. The molecule has 0 aliphatic carbocycles. The van der Waals surface area contributed by atoms with E-state index in [1.807, 2.05) is 20.8 Å². The third-order valence-corrected chi connectivity index (χ3v) is 8.66. The third-order valence-electron chi connectivity index (χ3n) is 8.29. The van der Waals surface area contributed by atoms with Gasteiger partial charge in [0.2, 0.25) is 47.3 Å². The summed E-state index contributed by atoms with van der Waals surface area (Å²) in [5.41, 5.74) is 6.04. The van der Waals surface area contributed by atoms with Crippen LogP contribution in [-0.2, 0) is 47.9 Å². The summed E-state index contributed by atoms with van der Waals surface area (Å²) < 4.78 is 0. The minimum absolute atomic E-state index is 0.0728. The van der Waals surface area contributed by atoms with E-state index in [9.17, 15) is 53.1 Å². The van der Waals surface area contributed by atoms with Gasteiger partial charge in [0.25, 0.3) is 0 Å². The number of hydrogen-bond acceptors (Lipinski definition) is 12. The molecule has 0 unspecified atom stereocenters. The van der Waals surface area contributed by atoms with Gasteiger partial charge in [-0.2, -0.15) is 12.6 Å². The molecule has 56 heavy (non-hydrogen) atoms. The van der Waals surface area contributed by atoms with Crippen LogP contribution in [0.25, 0.3) is 0 Å². The number of nitrogens with two attached hydrogens (primary N) is 1. The van der Waals surface area contributed by atoms with E-state index in [4.69, 9.17) is 10.8 Å². The highest BCUT2D eigenvalue weighted by Gasteiger charge is 2.33. The summed E-state index contributed by atoms with van der Waals surface area (Å²) in [5, 5.41) is 36.9. The molecule has 318 valence electrons. The molecule has 0 aliphatic rings. The largest absolute Gasteiger partial charge is 0.481 e. The van der Waals surface area contributed by atoms with Gasteiger partial charge in [0.1, 0.15) is 36.8 Å². The molecule has 0 aromatic rings. The van der Waals surface area contributed by atoms with Gasteiger partial charge < -0.3 is 58.5 Å². The molecule has 0 bridgehead atoms. The number of carboxylic acid groups (broad SMARTS) is 2. The maximum atomic E-state index is 13.5. The fraction of sp³-hybridized carbons (Fsp3) is 0.706. The molecule has 8 amide bonds. The maximum Gasteiger partial charge on any atom is 0.322 e. The highest BCUT2D eigenvalue weighted by atomic mass is 32.1. The van der Waals surface area contributed by atoms with Crippen LogP contribution in [0.4, 0.5) is 0 Å². The molecule has 12 N–H and O–H groups in total. The van der Waals surface area contributed by atoms with E-state index in [1.165, 1.54) is 6.92 Å². The molecule has 0 aromatic carbocycles. The lowest BCUT2D eigenvalue weighted by Gasteiger charge is -2.28. The monoisotopic (exact) mass is 817 g/mol. The van der Waals surface area contributed by atoms with E-state index in [2.05, 4.69) is 55.2 Å². The molecule has 22 heteroatoms. The van der Waals surface area contributed by atoms with Crippen molar-refractivity contribution in [2.45, 2.75) is 110 Å². The van der Waals surface area contributed by atoms with E-state index in [1.54, 1.807) is 20.8 Å². The van der Waals surface area contributed by atoms with Crippen LogP contribution in [0.3, 0.4) is 0 Å². The fourth-order valence-electron chi connectivity index (χ4n) is 4.76. The Labute approximate surface area is 331 Å². The molecule has 0 fully saturated rings. The molecule has 0 aliphatic heterocycles. The van der Waals surface area contributed by atoms with E-state index in [-0.39, 0.29) is 30.4 Å². The number of carbonyl (C=O) groups is 10. The van der Waals surface area contributed by atoms with Crippen molar-refractivity contribution in [2.24, 2.45) is 23.5 Å². The van der Waals surface area contributed by atoms with Crippen molar-refractivity contribution in [3.63, 3.8) is 0 Å². The van der Waals surface area contributed by atoms with Crippen LogP contribution in [0.2, 0.25) is 0 Å². The Kier molecular flexibility index (Phi) is 23.7. The first-order valence-electron chi connectivity index (χ1n) is 18.2. The van der Waals surface area contributed by atoms with Gasteiger partial charge in [-0.25, -0.2) is 0 Å². The maximum absolute atomic E-state index is 13.5. The highest BCUT2D eigenvalue weighted by molar-refractivity contribution is 7.80. The van der Waals surface area contributed by atoms with Gasteiger partial charge in [-0.05, 0) is 37.5 Å². The second kappa shape index (κ2) is 26.0. The topological polar surface area (TPSA) is 333 Å². The molecule has 7 atom stereocenters. The van der Waals surface area contributed by atoms with Crippen LogP contribution in [-0.4, -0.2) is 131 Å². The quantitative estimate of drug-likeness (QED) is 0.0382. The summed E-state index contributed by atoms with van der Waals surface area (Å²) in [7, 11) is 0. The SMILES string of the molecule is CC[C@H](C)[C@H](N)C(=O)N[C@@H](CC(C)C)C(=O)N[C@@H](CCC(=O)O)C(=O)N[C@H](C(=O)NCC(=O)N[C@@H](CS)C(=O)NCC(=O)N[C@@H](C)C(=O)NCC(=O)O)C(C)C.